The summed E-state index contributed by atoms with van der Waals surface area (Å²) in [6, 6.07) is 8.53. The number of H-pyrrole nitrogens is 1. The van der Waals surface area contributed by atoms with E-state index in [0.717, 1.165) is 10.6 Å². The molecule has 26 heavy (non-hydrogen) atoms. The summed E-state index contributed by atoms with van der Waals surface area (Å²) < 4.78 is 10.7. The van der Waals surface area contributed by atoms with Crippen LogP contribution >= 0.6 is 11.3 Å². The van der Waals surface area contributed by atoms with Gasteiger partial charge in [0.25, 0.3) is 5.91 Å². The number of nitrogens with zero attached hydrogens (tertiary/aromatic N) is 2. The SMILES string of the molecule is COc1cccc(COc2c[nH]c(C(=O)Nc3nnc(C)s3)cc2=O)c1. The normalized spacial score (nSPS) is 10.4. The molecule has 8 nitrogen and oxygen atoms in total. The third-order valence-corrected chi connectivity index (χ3v) is 4.15. The number of benzene rings is 1. The molecular weight excluding hydrogens is 356 g/mol. The third-order valence-electron chi connectivity index (χ3n) is 3.40. The average Bonchev–Trinajstić information content (AvgIpc) is 3.05. The summed E-state index contributed by atoms with van der Waals surface area (Å²) in [5, 5.41) is 11.3. The van der Waals surface area contributed by atoms with E-state index in [4.69, 9.17) is 9.47 Å². The van der Waals surface area contributed by atoms with Crippen LogP contribution in [-0.4, -0.2) is 28.2 Å². The van der Waals surface area contributed by atoms with Gasteiger partial charge >= 0.3 is 0 Å². The Labute approximate surface area is 152 Å². The van der Waals surface area contributed by atoms with Crippen molar-refractivity contribution in [1.29, 1.82) is 0 Å². The third kappa shape index (κ3) is 4.25. The molecule has 2 aromatic heterocycles. The van der Waals surface area contributed by atoms with E-state index in [0.29, 0.717) is 10.9 Å². The van der Waals surface area contributed by atoms with Crippen molar-refractivity contribution in [3.8, 4) is 11.5 Å². The first-order chi connectivity index (χ1) is 12.5. The fourth-order valence-electron chi connectivity index (χ4n) is 2.14. The molecule has 2 N–H and O–H groups in total. The first-order valence-electron chi connectivity index (χ1n) is 7.65. The Hall–Kier alpha value is -3.20. The van der Waals surface area contributed by atoms with Crippen molar-refractivity contribution in [1.82, 2.24) is 15.2 Å². The summed E-state index contributed by atoms with van der Waals surface area (Å²) in [4.78, 5) is 27.1. The van der Waals surface area contributed by atoms with Gasteiger partial charge in [-0.3, -0.25) is 14.9 Å². The van der Waals surface area contributed by atoms with Gasteiger partial charge in [-0.2, -0.15) is 0 Å². The molecule has 0 unspecified atom stereocenters. The summed E-state index contributed by atoms with van der Waals surface area (Å²) in [6.07, 6.45) is 1.36. The highest BCUT2D eigenvalue weighted by Gasteiger charge is 2.12. The van der Waals surface area contributed by atoms with Crippen molar-refractivity contribution >= 4 is 22.4 Å². The van der Waals surface area contributed by atoms with Crippen LogP contribution in [0.2, 0.25) is 0 Å². The molecule has 2 heterocycles. The van der Waals surface area contributed by atoms with Crippen molar-refractivity contribution in [2.45, 2.75) is 13.5 Å². The van der Waals surface area contributed by atoms with Gasteiger partial charge in [-0.25, -0.2) is 0 Å². The number of rotatable bonds is 6. The molecule has 0 bridgehead atoms. The highest BCUT2D eigenvalue weighted by molar-refractivity contribution is 7.15. The summed E-state index contributed by atoms with van der Waals surface area (Å²) in [5.74, 6) is 0.354. The quantitative estimate of drug-likeness (QED) is 0.688. The van der Waals surface area contributed by atoms with Crippen LogP contribution in [0, 0.1) is 6.92 Å². The van der Waals surface area contributed by atoms with Crippen molar-refractivity contribution in [3.05, 3.63) is 63.0 Å². The zero-order chi connectivity index (χ0) is 18.5. The van der Waals surface area contributed by atoms with Gasteiger partial charge in [0.2, 0.25) is 10.6 Å². The smallest absolute Gasteiger partial charge is 0.274 e. The number of ether oxygens (including phenoxy) is 2. The Balaban J connectivity index is 1.67. The fraction of sp³-hybridized carbons (Fsp3) is 0.176. The summed E-state index contributed by atoms with van der Waals surface area (Å²) in [7, 11) is 1.58. The van der Waals surface area contributed by atoms with Gasteiger partial charge in [-0.15, -0.1) is 10.2 Å². The topological polar surface area (TPSA) is 106 Å². The van der Waals surface area contributed by atoms with Crippen LogP contribution in [0.15, 0.2) is 41.3 Å². The molecule has 0 saturated heterocycles. The first-order valence-corrected chi connectivity index (χ1v) is 8.46. The van der Waals surface area contributed by atoms with Crippen molar-refractivity contribution in [3.63, 3.8) is 0 Å². The number of hydrogen-bond acceptors (Lipinski definition) is 7. The van der Waals surface area contributed by atoms with Gasteiger partial charge < -0.3 is 14.5 Å². The molecular formula is C17H16N4O4S. The number of carbonyl (C=O) groups is 1. The van der Waals surface area contributed by atoms with Crippen molar-refractivity contribution in [2.75, 3.05) is 12.4 Å². The predicted octanol–water partition coefficient (Wildman–Crippen LogP) is 2.37. The fourth-order valence-corrected chi connectivity index (χ4v) is 2.72. The standard InChI is InChI=1S/C17H16N4O4S/c1-10-20-21-17(26-10)19-16(23)13-7-14(22)15(8-18-13)25-9-11-4-3-5-12(6-11)24-2/h3-8H,9H2,1-2H3,(H,18,22)(H,19,21,23). The number of anilines is 1. The Kier molecular flexibility index (Phi) is 5.28. The first kappa shape index (κ1) is 17.6. The molecule has 0 saturated carbocycles. The highest BCUT2D eigenvalue weighted by Crippen LogP contribution is 2.16. The van der Waals surface area contributed by atoms with E-state index >= 15 is 0 Å². The lowest BCUT2D eigenvalue weighted by Gasteiger charge is -2.08. The maximum atomic E-state index is 12.2. The largest absolute Gasteiger partial charge is 0.497 e. The minimum absolute atomic E-state index is 0.108. The number of carbonyl (C=O) groups excluding carboxylic acids is 1. The lowest BCUT2D eigenvalue weighted by atomic mass is 10.2. The second kappa shape index (κ2) is 7.79. The zero-order valence-electron chi connectivity index (χ0n) is 14.1. The van der Waals surface area contributed by atoms with Gasteiger partial charge in [-0.1, -0.05) is 23.5 Å². The van der Waals surface area contributed by atoms with Crippen LogP contribution in [0.3, 0.4) is 0 Å². The zero-order valence-corrected chi connectivity index (χ0v) is 14.9. The maximum absolute atomic E-state index is 12.2. The highest BCUT2D eigenvalue weighted by atomic mass is 32.1. The molecule has 0 aliphatic heterocycles. The Morgan fingerprint density at radius 2 is 2.15 bits per heavy atom. The lowest BCUT2D eigenvalue weighted by Crippen LogP contribution is -2.17. The van der Waals surface area contributed by atoms with Crippen LogP contribution in [0.25, 0.3) is 0 Å². The molecule has 0 fully saturated rings. The van der Waals surface area contributed by atoms with E-state index in [1.807, 2.05) is 24.3 Å². The van der Waals surface area contributed by atoms with Crippen LogP contribution in [-0.2, 0) is 6.61 Å². The molecule has 3 rings (SSSR count). The second-order valence-electron chi connectivity index (χ2n) is 5.30. The molecule has 0 aliphatic carbocycles. The van der Waals surface area contributed by atoms with Crippen LogP contribution in [0.1, 0.15) is 21.1 Å². The van der Waals surface area contributed by atoms with Gasteiger partial charge in [0, 0.05) is 12.3 Å². The van der Waals surface area contributed by atoms with Crippen LogP contribution in [0.5, 0.6) is 11.5 Å². The second-order valence-corrected chi connectivity index (χ2v) is 6.48. The number of pyridine rings is 1. The Bertz CT molecular complexity index is 983. The van der Waals surface area contributed by atoms with E-state index in [-0.39, 0.29) is 18.1 Å². The molecule has 0 radical (unpaired) electrons. The summed E-state index contributed by atoms with van der Waals surface area (Å²) in [6.45, 7) is 1.99. The predicted molar refractivity (Wildman–Crippen MR) is 97.0 cm³/mol. The van der Waals surface area contributed by atoms with E-state index < -0.39 is 11.3 Å². The van der Waals surface area contributed by atoms with Crippen molar-refractivity contribution < 1.29 is 14.3 Å². The van der Waals surface area contributed by atoms with Crippen LogP contribution < -0.4 is 20.2 Å². The number of aromatic amines is 1. The Morgan fingerprint density at radius 3 is 2.85 bits per heavy atom. The van der Waals surface area contributed by atoms with Crippen molar-refractivity contribution in [2.24, 2.45) is 0 Å². The summed E-state index contributed by atoms with van der Waals surface area (Å²) >= 11 is 1.25. The number of nitrogens with one attached hydrogen (secondary N) is 2. The lowest BCUT2D eigenvalue weighted by molar-refractivity contribution is 0.102. The molecule has 0 aliphatic rings. The molecule has 134 valence electrons. The minimum Gasteiger partial charge on any atom is -0.497 e. The number of methoxy groups -OCH3 is 1. The maximum Gasteiger partial charge on any atom is 0.274 e. The molecule has 1 amide bonds. The average molecular weight is 372 g/mol. The van der Waals surface area contributed by atoms with Gasteiger partial charge in [-0.05, 0) is 24.6 Å². The van der Waals surface area contributed by atoms with Gasteiger partial charge in [0.1, 0.15) is 23.1 Å². The summed E-state index contributed by atoms with van der Waals surface area (Å²) in [5.41, 5.74) is 0.569. The van der Waals surface area contributed by atoms with Gasteiger partial charge in [0.05, 0.1) is 7.11 Å². The minimum atomic E-state index is -0.474. The van der Waals surface area contributed by atoms with E-state index in [1.54, 1.807) is 14.0 Å². The van der Waals surface area contributed by atoms with E-state index in [9.17, 15) is 9.59 Å². The number of hydrogen-bond donors (Lipinski definition) is 2. The van der Waals surface area contributed by atoms with E-state index in [1.165, 1.54) is 23.6 Å². The van der Waals surface area contributed by atoms with E-state index in [2.05, 4.69) is 20.5 Å². The van der Waals surface area contributed by atoms with Gasteiger partial charge in [0.15, 0.2) is 5.75 Å². The number of aromatic nitrogens is 3. The number of amides is 1. The molecule has 9 heteroatoms. The molecule has 3 aromatic rings. The Morgan fingerprint density at radius 1 is 1.31 bits per heavy atom. The molecule has 1 aromatic carbocycles. The molecule has 0 spiro atoms. The monoisotopic (exact) mass is 372 g/mol. The number of aryl methyl sites for hydroxylation is 1. The van der Waals surface area contributed by atoms with Crippen LogP contribution in [0.4, 0.5) is 5.13 Å². The molecule has 0 atom stereocenters.